The van der Waals surface area contributed by atoms with Gasteiger partial charge in [-0.2, -0.15) is 0 Å². The molecule has 0 aromatic heterocycles. The summed E-state index contributed by atoms with van der Waals surface area (Å²) in [5, 5.41) is 0. The van der Waals surface area contributed by atoms with Gasteiger partial charge in [0, 0.05) is 0 Å². The molecule has 0 unspecified atom stereocenters. The lowest BCUT2D eigenvalue weighted by molar-refractivity contribution is -0.143. The van der Waals surface area contributed by atoms with Gasteiger partial charge in [-0.05, 0) is 62.8 Å². The Bertz CT molecular complexity index is 854. The summed E-state index contributed by atoms with van der Waals surface area (Å²) in [6.07, 6.45) is 8.69. The molecule has 0 aliphatic carbocycles. The van der Waals surface area contributed by atoms with Crippen LogP contribution >= 0.6 is 0 Å². The van der Waals surface area contributed by atoms with Crippen molar-refractivity contribution in [3.05, 3.63) is 59.1 Å². The second kappa shape index (κ2) is 17.9. The van der Waals surface area contributed by atoms with Crippen molar-refractivity contribution in [3.63, 3.8) is 0 Å². The molecule has 198 valence electrons. The SMILES string of the molecule is CCCC/C=C(/OC(=O)c1ccccc1C(=O)O/C(=C/CCCC)C(=O)OCCC)C(=O)OCCC. The molecule has 0 saturated carbocycles. The summed E-state index contributed by atoms with van der Waals surface area (Å²) in [5.74, 6) is -3.78. The van der Waals surface area contributed by atoms with Crippen molar-refractivity contribution in [1.82, 2.24) is 0 Å². The van der Waals surface area contributed by atoms with E-state index in [1.807, 2.05) is 27.7 Å². The highest BCUT2D eigenvalue weighted by atomic mass is 16.6. The molecule has 0 aliphatic rings. The molecule has 8 heteroatoms. The molecule has 0 heterocycles. The Morgan fingerprint density at radius 1 is 0.639 bits per heavy atom. The van der Waals surface area contributed by atoms with Crippen molar-refractivity contribution in [2.75, 3.05) is 13.2 Å². The molecule has 36 heavy (non-hydrogen) atoms. The Balaban J connectivity index is 3.15. The molecule has 0 fully saturated rings. The van der Waals surface area contributed by atoms with Crippen LogP contribution in [0, 0.1) is 0 Å². The number of carbonyl (C=O) groups is 4. The number of allylic oxidation sites excluding steroid dienone is 2. The van der Waals surface area contributed by atoms with Gasteiger partial charge in [0.25, 0.3) is 0 Å². The Kier molecular flexibility index (Phi) is 15.2. The molecule has 1 aromatic rings. The van der Waals surface area contributed by atoms with Gasteiger partial charge in [-0.25, -0.2) is 19.2 Å². The van der Waals surface area contributed by atoms with Crippen LogP contribution in [0.25, 0.3) is 0 Å². The van der Waals surface area contributed by atoms with Gasteiger partial charge in [0.15, 0.2) is 0 Å². The highest BCUT2D eigenvalue weighted by Gasteiger charge is 2.25. The zero-order valence-electron chi connectivity index (χ0n) is 21.8. The van der Waals surface area contributed by atoms with Crippen LogP contribution < -0.4 is 0 Å². The summed E-state index contributed by atoms with van der Waals surface area (Å²) in [4.78, 5) is 50.7. The van der Waals surface area contributed by atoms with Gasteiger partial charge in [-0.1, -0.05) is 52.7 Å². The third kappa shape index (κ3) is 10.9. The Morgan fingerprint density at radius 3 is 1.36 bits per heavy atom. The fourth-order valence-electron chi connectivity index (χ4n) is 2.89. The zero-order chi connectivity index (χ0) is 26.8. The monoisotopic (exact) mass is 502 g/mol. The maximum absolute atomic E-state index is 13.0. The molecular formula is C28H38O8. The molecule has 0 atom stereocenters. The quantitative estimate of drug-likeness (QED) is 0.0884. The Morgan fingerprint density at radius 2 is 1.03 bits per heavy atom. The minimum Gasteiger partial charge on any atom is -0.460 e. The van der Waals surface area contributed by atoms with E-state index in [0.29, 0.717) is 25.7 Å². The Labute approximate surface area is 213 Å². The highest BCUT2D eigenvalue weighted by Crippen LogP contribution is 2.18. The van der Waals surface area contributed by atoms with E-state index < -0.39 is 23.9 Å². The van der Waals surface area contributed by atoms with Gasteiger partial charge in [-0.3, -0.25) is 0 Å². The minimum absolute atomic E-state index is 0.109. The second-order valence-corrected chi connectivity index (χ2v) is 8.02. The van der Waals surface area contributed by atoms with Crippen LogP contribution in [0.1, 0.15) is 99.8 Å². The summed E-state index contributed by atoms with van der Waals surface area (Å²) in [5.41, 5.74) is -0.218. The fraction of sp³-hybridized carbons (Fsp3) is 0.500. The molecule has 1 rings (SSSR count). The standard InChI is InChI=1S/C28H38O8/c1-5-9-11-17-23(27(31)33-19-7-3)35-25(29)21-15-13-14-16-22(21)26(30)36-24(18-12-10-6-2)28(32)34-20-8-4/h13-18H,5-12,19-20H2,1-4H3/b23-17+,24-18+. The summed E-state index contributed by atoms with van der Waals surface area (Å²) in [7, 11) is 0. The maximum atomic E-state index is 13.0. The number of rotatable bonds is 16. The lowest BCUT2D eigenvalue weighted by Gasteiger charge is -2.12. The first-order valence-electron chi connectivity index (χ1n) is 12.7. The topological polar surface area (TPSA) is 105 Å². The highest BCUT2D eigenvalue weighted by molar-refractivity contribution is 6.05. The largest absolute Gasteiger partial charge is 0.460 e. The first-order chi connectivity index (χ1) is 17.4. The van der Waals surface area contributed by atoms with Gasteiger partial charge in [0.05, 0.1) is 24.3 Å². The molecular weight excluding hydrogens is 464 g/mol. The molecule has 0 saturated heterocycles. The molecule has 0 aliphatic heterocycles. The molecule has 1 aromatic carbocycles. The van der Waals surface area contributed by atoms with E-state index in [9.17, 15) is 19.2 Å². The molecule has 0 radical (unpaired) electrons. The van der Waals surface area contributed by atoms with Crippen molar-refractivity contribution in [2.45, 2.75) is 79.1 Å². The number of hydrogen-bond donors (Lipinski definition) is 0. The number of unbranched alkanes of at least 4 members (excludes halogenated alkanes) is 4. The summed E-state index contributed by atoms with van der Waals surface area (Å²) in [6, 6.07) is 5.87. The van der Waals surface area contributed by atoms with E-state index in [0.717, 1.165) is 25.7 Å². The summed E-state index contributed by atoms with van der Waals surface area (Å²) in [6.45, 7) is 8.08. The van der Waals surface area contributed by atoms with Crippen LogP contribution in [-0.2, 0) is 28.5 Å². The number of esters is 4. The first-order valence-corrected chi connectivity index (χ1v) is 12.7. The fourth-order valence-corrected chi connectivity index (χ4v) is 2.89. The number of ether oxygens (including phenoxy) is 4. The normalized spacial score (nSPS) is 11.6. The van der Waals surface area contributed by atoms with Crippen molar-refractivity contribution >= 4 is 23.9 Å². The average Bonchev–Trinajstić information content (AvgIpc) is 2.89. The molecule has 0 amide bonds. The van der Waals surface area contributed by atoms with E-state index >= 15 is 0 Å². The van der Waals surface area contributed by atoms with Gasteiger partial charge < -0.3 is 18.9 Å². The molecule has 0 bridgehead atoms. The first kappa shape index (κ1) is 30.6. The maximum Gasteiger partial charge on any atom is 0.374 e. The smallest absolute Gasteiger partial charge is 0.374 e. The number of hydrogen-bond acceptors (Lipinski definition) is 8. The molecule has 0 spiro atoms. The summed E-state index contributed by atoms with van der Waals surface area (Å²) < 4.78 is 20.9. The lowest BCUT2D eigenvalue weighted by atomic mass is 10.1. The van der Waals surface area contributed by atoms with Gasteiger partial charge in [-0.15, -0.1) is 0 Å². The molecule has 0 N–H and O–H groups in total. The summed E-state index contributed by atoms with van der Waals surface area (Å²) >= 11 is 0. The van der Waals surface area contributed by atoms with Crippen LogP contribution in [-0.4, -0.2) is 37.1 Å². The van der Waals surface area contributed by atoms with Crippen LogP contribution in [0.2, 0.25) is 0 Å². The van der Waals surface area contributed by atoms with Crippen molar-refractivity contribution in [1.29, 1.82) is 0 Å². The van der Waals surface area contributed by atoms with Crippen LogP contribution in [0.4, 0.5) is 0 Å². The lowest BCUT2D eigenvalue weighted by Crippen LogP contribution is -2.20. The van der Waals surface area contributed by atoms with Gasteiger partial charge in [0.1, 0.15) is 0 Å². The van der Waals surface area contributed by atoms with Crippen LogP contribution in [0.5, 0.6) is 0 Å². The third-order valence-electron chi connectivity index (χ3n) is 4.82. The van der Waals surface area contributed by atoms with E-state index in [4.69, 9.17) is 18.9 Å². The van der Waals surface area contributed by atoms with Crippen LogP contribution in [0.3, 0.4) is 0 Å². The number of carbonyl (C=O) groups excluding carboxylic acids is 4. The number of benzene rings is 1. The predicted octanol–water partition coefficient (Wildman–Crippen LogP) is 6.05. The average molecular weight is 503 g/mol. The second-order valence-electron chi connectivity index (χ2n) is 8.02. The Hall–Kier alpha value is -3.42. The molecule has 8 nitrogen and oxygen atoms in total. The van der Waals surface area contributed by atoms with Crippen LogP contribution in [0.15, 0.2) is 47.9 Å². The van der Waals surface area contributed by atoms with E-state index in [1.54, 1.807) is 12.1 Å². The van der Waals surface area contributed by atoms with E-state index in [-0.39, 0.29) is 35.9 Å². The van der Waals surface area contributed by atoms with Gasteiger partial charge in [0.2, 0.25) is 11.5 Å². The van der Waals surface area contributed by atoms with Crippen molar-refractivity contribution in [2.24, 2.45) is 0 Å². The third-order valence-corrected chi connectivity index (χ3v) is 4.82. The van der Waals surface area contributed by atoms with Crippen molar-refractivity contribution < 1.29 is 38.1 Å². The van der Waals surface area contributed by atoms with E-state index in [1.165, 1.54) is 24.3 Å². The zero-order valence-corrected chi connectivity index (χ0v) is 21.8. The predicted molar refractivity (Wildman–Crippen MR) is 135 cm³/mol. The van der Waals surface area contributed by atoms with Gasteiger partial charge >= 0.3 is 23.9 Å². The van der Waals surface area contributed by atoms with E-state index in [2.05, 4.69) is 0 Å². The minimum atomic E-state index is -0.913. The van der Waals surface area contributed by atoms with Crippen molar-refractivity contribution in [3.8, 4) is 0 Å².